The number of hydrogen-bond acceptors (Lipinski definition) is 0. The predicted molar refractivity (Wildman–Crippen MR) is 118 cm³/mol. The zero-order valence-corrected chi connectivity index (χ0v) is 23.0. The molecule has 142 valence electrons. The summed E-state index contributed by atoms with van der Waals surface area (Å²) in [5.41, 5.74) is 7.53. The number of fused-ring (bicyclic) bond motifs is 6. The normalized spacial score (nSPS) is 32.8. The third-order valence-electron chi connectivity index (χ3n) is 7.40. The average molecular weight is 513 g/mol. The van der Waals surface area contributed by atoms with Crippen LogP contribution in [0.1, 0.15) is 51.4 Å². The van der Waals surface area contributed by atoms with E-state index >= 15 is 0 Å². The average Bonchev–Trinajstić information content (AvgIpc) is 3.22. The second-order valence-corrected chi connectivity index (χ2v) is 21.9. The molecule has 0 nitrogen and oxygen atoms in total. The number of hydrogen-bond donors (Lipinski definition) is 0. The van der Waals surface area contributed by atoms with Gasteiger partial charge in [0.25, 0.3) is 0 Å². The van der Waals surface area contributed by atoms with Gasteiger partial charge in [-0.05, 0) is 84.4 Å². The molecule has 4 saturated carbocycles. The maximum absolute atomic E-state index is 4.93. The van der Waals surface area contributed by atoms with Gasteiger partial charge in [-0.25, -0.2) is 0 Å². The minimum absolute atomic E-state index is 0.826. The molecule has 5 fully saturated rings. The molecule has 4 aliphatic carbocycles. The Morgan fingerprint density at radius 2 is 1.04 bits per heavy atom. The van der Waals surface area contributed by atoms with Crippen molar-refractivity contribution >= 4 is 33.2 Å². The number of rotatable bonds is 0. The van der Waals surface area contributed by atoms with Gasteiger partial charge >= 0.3 is 37.9 Å². The summed E-state index contributed by atoms with van der Waals surface area (Å²) in [5.74, 6) is 7.13. The van der Waals surface area contributed by atoms with Crippen molar-refractivity contribution in [3.05, 3.63) is 58.7 Å². The molecule has 0 atom stereocenters. The van der Waals surface area contributed by atoms with Crippen LogP contribution >= 0.6 is 17.0 Å². The van der Waals surface area contributed by atoms with Gasteiger partial charge in [0.2, 0.25) is 0 Å². The summed E-state index contributed by atoms with van der Waals surface area (Å²) >= 11 is -0.826. The first-order chi connectivity index (χ1) is 12.8. The second kappa shape index (κ2) is 8.44. The van der Waals surface area contributed by atoms with Crippen molar-refractivity contribution in [1.29, 1.82) is 0 Å². The van der Waals surface area contributed by atoms with E-state index in [0.717, 1.165) is 0 Å². The van der Waals surface area contributed by atoms with Gasteiger partial charge in [0.05, 0.1) is 16.1 Å². The maximum atomic E-state index is 4.93. The Morgan fingerprint density at radius 3 is 1.44 bits per heavy atom. The zero-order valence-electron chi connectivity index (χ0n) is 17.1. The summed E-state index contributed by atoms with van der Waals surface area (Å²) in [5, 5.41) is 0. The van der Waals surface area contributed by atoms with Gasteiger partial charge in [-0.1, -0.05) is 51.9 Å². The zero-order chi connectivity index (χ0) is 19.4. The topological polar surface area (TPSA) is 0 Å². The standard InChI is InChI=1S/C22H30Si2.2ClH.Zr/c1-23(2)19-13-15-9-5-7-11-17(15)21(19)24(3,4)22-18-12-8-6-10-16(18)14-20(22)23;;;/h13-14H,5-12H2,1-4H3;2*1H;/q;;;+4/p-2. The molecule has 27 heavy (non-hydrogen) atoms. The van der Waals surface area contributed by atoms with Crippen molar-refractivity contribution in [2.75, 3.05) is 0 Å². The molecule has 5 heteroatoms. The first kappa shape index (κ1) is 22.1. The second-order valence-electron chi connectivity index (χ2n) is 9.61. The van der Waals surface area contributed by atoms with Gasteiger partial charge in [0.15, 0.2) is 0 Å². The predicted octanol–water partition coefficient (Wildman–Crippen LogP) is 7.13. The summed E-state index contributed by atoms with van der Waals surface area (Å²) in [6, 6.07) is 0. The molecule has 0 unspecified atom stereocenters. The van der Waals surface area contributed by atoms with E-state index in [1.807, 2.05) is 34.0 Å². The molecule has 0 N–H and O–H groups in total. The van der Waals surface area contributed by atoms with Crippen molar-refractivity contribution in [3.63, 3.8) is 0 Å². The Morgan fingerprint density at radius 1 is 0.667 bits per heavy atom. The van der Waals surface area contributed by atoms with Crippen LogP contribution in [0.5, 0.6) is 0 Å². The van der Waals surface area contributed by atoms with E-state index < -0.39 is 37.0 Å². The molecule has 0 aromatic rings. The summed E-state index contributed by atoms with van der Waals surface area (Å²) < 4.78 is 0. The van der Waals surface area contributed by atoms with Crippen LogP contribution in [0.15, 0.2) is 0 Å². The Balaban J connectivity index is 0.000000565. The molecule has 1 heterocycles. The van der Waals surface area contributed by atoms with Crippen LogP contribution in [0, 0.1) is 58.7 Å². The Labute approximate surface area is 189 Å². The summed E-state index contributed by atoms with van der Waals surface area (Å²) in [6.07, 6.45) is 16.5. The van der Waals surface area contributed by atoms with E-state index in [4.69, 9.17) is 17.0 Å². The molecule has 0 amide bonds. The van der Waals surface area contributed by atoms with Crippen molar-refractivity contribution in [1.82, 2.24) is 0 Å². The fraction of sp³-hybridized carbons (Fsp3) is 0.545. The third-order valence-corrected chi connectivity index (χ3v) is 15.0. The molecule has 0 spiro atoms. The summed E-state index contributed by atoms with van der Waals surface area (Å²) in [7, 11) is 6.81. The molecular weight excluding hydrogens is 483 g/mol. The van der Waals surface area contributed by atoms with Crippen LogP contribution in [0.3, 0.4) is 0 Å². The minimum atomic E-state index is -1.54. The first-order valence-electron chi connectivity index (χ1n) is 10.4. The third kappa shape index (κ3) is 3.62. The number of halogens is 2. The molecule has 1 aliphatic heterocycles. The summed E-state index contributed by atoms with van der Waals surface area (Å²) in [4.78, 5) is 0. The molecule has 1 saturated heterocycles. The molecule has 0 aromatic carbocycles. The van der Waals surface area contributed by atoms with Gasteiger partial charge in [0, 0.05) is 0 Å². The van der Waals surface area contributed by atoms with E-state index in [0.29, 0.717) is 0 Å². The molecule has 0 bridgehead atoms. The van der Waals surface area contributed by atoms with E-state index in [-0.39, 0.29) is 0 Å². The van der Waals surface area contributed by atoms with Gasteiger partial charge in [-0.15, -0.1) is 0 Å². The summed E-state index contributed by atoms with van der Waals surface area (Å²) in [6.45, 7) is 10.6. The van der Waals surface area contributed by atoms with Crippen LogP contribution in [0.25, 0.3) is 0 Å². The molecule has 5 aliphatic rings. The van der Waals surface area contributed by atoms with Crippen LogP contribution in [-0.2, 0) is 20.8 Å². The van der Waals surface area contributed by atoms with Crippen molar-refractivity contribution in [3.8, 4) is 0 Å². The molecule has 10 radical (unpaired) electrons. The monoisotopic (exact) mass is 510 g/mol. The van der Waals surface area contributed by atoms with E-state index in [1.165, 1.54) is 51.4 Å². The van der Waals surface area contributed by atoms with Gasteiger partial charge in [-0.2, -0.15) is 0 Å². The van der Waals surface area contributed by atoms with Gasteiger partial charge < -0.3 is 0 Å². The van der Waals surface area contributed by atoms with Gasteiger partial charge in [-0.3, -0.25) is 0 Å². The van der Waals surface area contributed by atoms with Crippen LogP contribution in [-0.4, -0.2) is 16.1 Å². The van der Waals surface area contributed by atoms with Crippen LogP contribution < -0.4 is 0 Å². The SMILES string of the molecule is C[Si]1(C)[C]2[CH][C]3CCCC[C]3[C]2[Si](C)(C)[C]2[C]3CCCC[C]3[CH][C]21.[Cl][Zr+2][Cl]. The van der Waals surface area contributed by atoms with Crippen LogP contribution in [0.2, 0.25) is 26.2 Å². The van der Waals surface area contributed by atoms with E-state index in [2.05, 4.69) is 39.0 Å². The molecule has 0 aromatic heterocycles. The fourth-order valence-corrected chi connectivity index (χ4v) is 16.7. The van der Waals surface area contributed by atoms with Crippen molar-refractivity contribution in [2.24, 2.45) is 0 Å². The Kier molecular flexibility index (Phi) is 6.91. The van der Waals surface area contributed by atoms with Crippen LogP contribution in [0.4, 0.5) is 0 Å². The molecule has 5 rings (SSSR count). The van der Waals surface area contributed by atoms with Gasteiger partial charge in [0.1, 0.15) is 0 Å². The Hall–Kier alpha value is 1.90. The Bertz CT molecular complexity index is 498. The first-order valence-corrected chi connectivity index (χ1v) is 22.8. The quantitative estimate of drug-likeness (QED) is 0.303. The van der Waals surface area contributed by atoms with Crippen molar-refractivity contribution < 1.29 is 20.8 Å². The fourth-order valence-electron chi connectivity index (χ4n) is 6.25. The van der Waals surface area contributed by atoms with E-state index in [9.17, 15) is 0 Å². The van der Waals surface area contributed by atoms with Crippen molar-refractivity contribution in [2.45, 2.75) is 77.6 Å². The molecular formula is C22H30Cl2Si2Zr+2. The van der Waals surface area contributed by atoms with E-state index in [1.54, 1.807) is 11.8 Å².